The first-order valence-corrected chi connectivity index (χ1v) is 6.80. The maximum absolute atomic E-state index is 5.97. The summed E-state index contributed by atoms with van der Waals surface area (Å²) in [4.78, 5) is 0. The number of furan rings is 1. The van der Waals surface area contributed by atoms with Crippen LogP contribution in [0.25, 0.3) is 11.0 Å². The van der Waals surface area contributed by atoms with E-state index in [1.165, 1.54) is 11.1 Å². The minimum absolute atomic E-state index is 0.640. The van der Waals surface area contributed by atoms with E-state index in [0.29, 0.717) is 5.92 Å². The number of benzene rings is 1. The highest BCUT2D eigenvalue weighted by molar-refractivity contribution is 5.87. The van der Waals surface area contributed by atoms with Gasteiger partial charge in [0.15, 0.2) is 11.3 Å². The molecule has 1 heterocycles. The molecule has 0 radical (unpaired) electrons. The van der Waals surface area contributed by atoms with Gasteiger partial charge in [0.1, 0.15) is 5.76 Å². The number of hydrogen-bond donors (Lipinski definition) is 1. The summed E-state index contributed by atoms with van der Waals surface area (Å²) < 4.78 is 11.4. The first-order chi connectivity index (χ1) is 9.02. The van der Waals surface area contributed by atoms with Crippen molar-refractivity contribution in [2.45, 2.75) is 34.2 Å². The predicted molar refractivity (Wildman–Crippen MR) is 78.8 cm³/mol. The molecule has 1 aromatic heterocycles. The maximum atomic E-state index is 5.97. The first kappa shape index (κ1) is 13.9. The molecule has 1 aromatic carbocycles. The van der Waals surface area contributed by atoms with E-state index in [-0.39, 0.29) is 0 Å². The molecule has 19 heavy (non-hydrogen) atoms. The fourth-order valence-electron chi connectivity index (χ4n) is 2.27. The standard InChI is InChI=1S/C16H23NO2/c1-10(2)8-17-9-15-12(4)13-6-11(3)7-14(18-5)16(13)19-15/h6-7,10,17H,8-9H2,1-5H3. The van der Waals surface area contributed by atoms with Gasteiger partial charge in [0, 0.05) is 5.39 Å². The highest BCUT2D eigenvalue weighted by Gasteiger charge is 2.14. The van der Waals surface area contributed by atoms with Crippen molar-refractivity contribution >= 4 is 11.0 Å². The fourth-order valence-corrected chi connectivity index (χ4v) is 2.27. The van der Waals surface area contributed by atoms with Crippen LogP contribution in [0.2, 0.25) is 0 Å². The molecule has 104 valence electrons. The van der Waals surface area contributed by atoms with E-state index >= 15 is 0 Å². The van der Waals surface area contributed by atoms with Crippen molar-refractivity contribution in [1.29, 1.82) is 0 Å². The molecule has 0 fully saturated rings. The van der Waals surface area contributed by atoms with Crippen LogP contribution in [0.15, 0.2) is 16.5 Å². The topological polar surface area (TPSA) is 34.4 Å². The van der Waals surface area contributed by atoms with Crippen LogP contribution in [0, 0.1) is 19.8 Å². The molecule has 0 bridgehead atoms. The van der Waals surface area contributed by atoms with Crippen LogP contribution in [-0.2, 0) is 6.54 Å². The van der Waals surface area contributed by atoms with Crippen LogP contribution >= 0.6 is 0 Å². The Labute approximate surface area is 114 Å². The zero-order valence-electron chi connectivity index (χ0n) is 12.5. The second kappa shape index (κ2) is 5.66. The molecule has 2 rings (SSSR count). The van der Waals surface area contributed by atoms with Gasteiger partial charge in [-0.25, -0.2) is 0 Å². The van der Waals surface area contributed by atoms with Crippen LogP contribution in [0.5, 0.6) is 5.75 Å². The van der Waals surface area contributed by atoms with Gasteiger partial charge in [-0.3, -0.25) is 0 Å². The van der Waals surface area contributed by atoms with Crippen molar-refractivity contribution < 1.29 is 9.15 Å². The molecule has 1 N–H and O–H groups in total. The lowest BCUT2D eigenvalue weighted by atomic mass is 10.1. The van der Waals surface area contributed by atoms with E-state index in [0.717, 1.165) is 35.6 Å². The molecule has 0 unspecified atom stereocenters. The summed E-state index contributed by atoms with van der Waals surface area (Å²) in [6, 6.07) is 4.17. The third kappa shape index (κ3) is 2.92. The largest absolute Gasteiger partial charge is 0.493 e. The Hall–Kier alpha value is -1.48. The number of nitrogens with one attached hydrogen (secondary N) is 1. The highest BCUT2D eigenvalue weighted by Crippen LogP contribution is 2.33. The van der Waals surface area contributed by atoms with Gasteiger partial charge in [-0.05, 0) is 49.6 Å². The lowest BCUT2D eigenvalue weighted by molar-refractivity contribution is 0.405. The van der Waals surface area contributed by atoms with Crippen molar-refractivity contribution in [2.75, 3.05) is 13.7 Å². The van der Waals surface area contributed by atoms with Crippen molar-refractivity contribution in [2.24, 2.45) is 5.92 Å². The van der Waals surface area contributed by atoms with Gasteiger partial charge >= 0.3 is 0 Å². The molecule has 0 aliphatic rings. The Kier molecular flexibility index (Phi) is 4.15. The van der Waals surface area contributed by atoms with E-state index in [1.807, 2.05) is 6.07 Å². The lowest BCUT2D eigenvalue weighted by Gasteiger charge is -2.05. The Morgan fingerprint density at radius 3 is 2.63 bits per heavy atom. The molecule has 0 saturated carbocycles. The SMILES string of the molecule is COc1cc(C)cc2c(C)c(CNCC(C)C)oc12. The van der Waals surface area contributed by atoms with Gasteiger partial charge in [0.05, 0.1) is 13.7 Å². The fraction of sp³-hybridized carbons (Fsp3) is 0.500. The molecule has 0 aliphatic heterocycles. The molecule has 3 heteroatoms. The molecule has 3 nitrogen and oxygen atoms in total. The van der Waals surface area contributed by atoms with Gasteiger partial charge in [-0.1, -0.05) is 13.8 Å². The second-order valence-electron chi connectivity index (χ2n) is 5.52. The van der Waals surface area contributed by atoms with E-state index in [9.17, 15) is 0 Å². The molecular weight excluding hydrogens is 238 g/mol. The maximum Gasteiger partial charge on any atom is 0.176 e. The molecule has 0 atom stereocenters. The first-order valence-electron chi connectivity index (χ1n) is 6.80. The molecular formula is C16H23NO2. The molecule has 0 spiro atoms. The summed E-state index contributed by atoms with van der Waals surface area (Å²) in [5.41, 5.74) is 3.25. The number of fused-ring (bicyclic) bond motifs is 1. The van der Waals surface area contributed by atoms with Gasteiger partial charge in [-0.2, -0.15) is 0 Å². The third-order valence-corrected chi connectivity index (χ3v) is 3.30. The van der Waals surface area contributed by atoms with Crippen molar-refractivity contribution in [3.63, 3.8) is 0 Å². The van der Waals surface area contributed by atoms with E-state index in [2.05, 4.69) is 39.1 Å². The Morgan fingerprint density at radius 1 is 1.26 bits per heavy atom. The van der Waals surface area contributed by atoms with Crippen LogP contribution in [-0.4, -0.2) is 13.7 Å². The van der Waals surface area contributed by atoms with Crippen molar-refractivity contribution in [1.82, 2.24) is 5.32 Å². The molecule has 0 saturated heterocycles. The zero-order chi connectivity index (χ0) is 14.0. The highest BCUT2D eigenvalue weighted by atomic mass is 16.5. The monoisotopic (exact) mass is 261 g/mol. The average molecular weight is 261 g/mol. The summed E-state index contributed by atoms with van der Waals surface area (Å²) in [5, 5.41) is 4.57. The molecule has 0 aliphatic carbocycles. The van der Waals surface area contributed by atoms with E-state index in [4.69, 9.17) is 9.15 Å². The van der Waals surface area contributed by atoms with Crippen LogP contribution in [0.1, 0.15) is 30.7 Å². The lowest BCUT2D eigenvalue weighted by Crippen LogP contribution is -2.18. The van der Waals surface area contributed by atoms with Crippen molar-refractivity contribution in [3.05, 3.63) is 29.0 Å². The summed E-state index contributed by atoms with van der Waals surface area (Å²) >= 11 is 0. The predicted octanol–water partition coefficient (Wildman–Crippen LogP) is 3.80. The van der Waals surface area contributed by atoms with E-state index < -0.39 is 0 Å². The summed E-state index contributed by atoms with van der Waals surface area (Å²) in [7, 11) is 1.68. The number of hydrogen-bond acceptors (Lipinski definition) is 3. The normalized spacial score (nSPS) is 11.5. The Balaban J connectivity index is 2.33. The minimum Gasteiger partial charge on any atom is -0.493 e. The third-order valence-electron chi connectivity index (χ3n) is 3.30. The molecule has 0 amide bonds. The smallest absolute Gasteiger partial charge is 0.176 e. The summed E-state index contributed by atoms with van der Waals surface area (Å²) in [5.74, 6) is 2.45. The van der Waals surface area contributed by atoms with Crippen LogP contribution < -0.4 is 10.1 Å². The number of rotatable bonds is 5. The van der Waals surface area contributed by atoms with Gasteiger partial charge in [-0.15, -0.1) is 0 Å². The Bertz CT molecular complexity index is 570. The van der Waals surface area contributed by atoms with Gasteiger partial charge in [0.25, 0.3) is 0 Å². The molecule has 2 aromatic rings. The summed E-state index contributed by atoms with van der Waals surface area (Å²) in [6.07, 6.45) is 0. The van der Waals surface area contributed by atoms with Gasteiger partial charge in [0.2, 0.25) is 0 Å². The number of methoxy groups -OCH3 is 1. The van der Waals surface area contributed by atoms with Crippen LogP contribution in [0.4, 0.5) is 0 Å². The quantitative estimate of drug-likeness (QED) is 0.889. The van der Waals surface area contributed by atoms with Gasteiger partial charge < -0.3 is 14.5 Å². The zero-order valence-corrected chi connectivity index (χ0v) is 12.5. The Morgan fingerprint density at radius 2 is 2.00 bits per heavy atom. The average Bonchev–Trinajstić information content (AvgIpc) is 2.66. The van der Waals surface area contributed by atoms with Crippen LogP contribution in [0.3, 0.4) is 0 Å². The number of aryl methyl sites for hydroxylation is 2. The summed E-state index contributed by atoms with van der Waals surface area (Å²) in [6.45, 7) is 10.3. The minimum atomic E-state index is 0.640. The van der Waals surface area contributed by atoms with E-state index in [1.54, 1.807) is 7.11 Å². The number of ether oxygens (including phenoxy) is 1. The van der Waals surface area contributed by atoms with Crippen molar-refractivity contribution in [3.8, 4) is 5.75 Å². The second-order valence-corrected chi connectivity index (χ2v) is 5.52.